The number of hydrogen-bond acceptors (Lipinski definition) is 8. The molecule has 0 saturated heterocycles. The Bertz CT molecular complexity index is 1670. The number of anilines is 1. The molecule has 1 unspecified atom stereocenters. The van der Waals surface area contributed by atoms with E-state index in [2.05, 4.69) is 19.7 Å². The summed E-state index contributed by atoms with van der Waals surface area (Å²) in [5.41, 5.74) is 2.86. The van der Waals surface area contributed by atoms with E-state index in [1.54, 1.807) is 72.3 Å². The summed E-state index contributed by atoms with van der Waals surface area (Å²) in [5.74, 6) is -0.469. The third kappa shape index (κ3) is 5.39. The number of fused-ring (bicyclic) bond motifs is 1. The lowest BCUT2D eigenvalue weighted by Crippen LogP contribution is -2.33. The van der Waals surface area contributed by atoms with Crippen molar-refractivity contribution in [2.24, 2.45) is 5.92 Å². The van der Waals surface area contributed by atoms with Crippen LogP contribution in [0.15, 0.2) is 45.8 Å². The molecule has 0 aliphatic rings. The first-order valence-electron chi connectivity index (χ1n) is 11.5. The minimum absolute atomic E-state index is 0.0786. The summed E-state index contributed by atoms with van der Waals surface area (Å²) in [7, 11) is -0.492. The maximum atomic E-state index is 13.2. The number of carbonyl (C=O) groups excluding carboxylic acids is 1. The Morgan fingerprint density at radius 3 is 2.49 bits per heavy atom. The molecule has 10 nitrogen and oxygen atoms in total. The number of hydrogen-bond donors (Lipinski definition) is 1. The van der Waals surface area contributed by atoms with Crippen LogP contribution in [-0.4, -0.2) is 52.8 Å². The van der Waals surface area contributed by atoms with Crippen LogP contribution in [0.5, 0.6) is 0 Å². The van der Waals surface area contributed by atoms with Crippen molar-refractivity contribution in [1.82, 2.24) is 24.4 Å². The maximum Gasteiger partial charge on any atom is 0.273 e. The standard InChI is InChI=1S/C25H28N6O4S2/c1-14(23(32)30(5)6)12-31-13-27-21-8-7-18(9-20(21)24(31)33)19-10-22(15(2)26-11-19)29-37(34,35)25-16(3)28-17(4)36-25/h7-11,13-14,29H,12H2,1-6H3. The Labute approximate surface area is 219 Å². The van der Waals surface area contributed by atoms with Gasteiger partial charge in [-0.3, -0.25) is 23.9 Å². The van der Waals surface area contributed by atoms with Crippen molar-refractivity contribution in [3.63, 3.8) is 0 Å². The average Bonchev–Trinajstić information content (AvgIpc) is 3.20. The second-order valence-corrected chi connectivity index (χ2v) is 12.2. The monoisotopic (exact) mass is 540 g/mol. The Morgan fingerprint density at radius 2 is 1.84 bits per heavy atom. The molecule has 1 amide bonds. The zero-order valence-electron chi connectivity index (χ0n) is 21.4. The first-order valence-corrected chi connectivity index (χ1v) is 13.8. The van der Waals surface area contributed by atoms with E-state index in [0.717, 1.165) is 11.3 Å². The molecule has 0 bridgehead atoms. The van der Waals surface area contributed by atoms with Crippen LogP contribution in [0.2, 0.25) is 0 Å². The second kappa shape index (κ2) is 10.0. The molecule has 1 atom stereocenters. The number of thiazole rings is 1. The summed E-state index contributed by atoms with van der Waals surface area (Å²) in [5, 5.41) is 1.06. The predicted molar refractivity (Wildman–Crippen MR) is 144 cm³/mol. The van der Waals surface area contributed by atoms with Gasteiger partial charge in [0.25, 0.3) is 15.6 Å². The normalized spacial score (nSPS) is 12.5. The molecule has 37 heavy (non-hydrogen) atoms. The average molecular weight is 541 g/mol. The van der Waals surface area contributed by atoms with Gasteiger partial charge in [-0.05, 0) is 44.5 Å². The molecular formula is C25H28N6O4S2. The lowest BCUT2D eigenvalue weighted by atomic mass is 10.0. The molecule has 4 aromatic rings. The number of rotatable bonds is 7. The number of carbonyl (C=O) groups is 1. The fraction of sp³-hybridized carbons (Fsp3) is 0.320. The number of nitrogens with one attached hydrogen (secondary N) is 1. The lowest BCUT2D eigenvalue weighted by molar-refractivity contribution is -0.132. The zero-order chi connectivity index (χ0) is 27.1. The molecule has 3 aromatic heterocycles. The maximum absolute atomic E-state index is 13.2. The molecule has 0 fully saturated rings. The number of nitrogens with zero attached hydrogens (tertiary/aromatic N) is 5. The minimum atomic E-state index is -3.84. The SMILES string of the molecule is Cc1nc(C)c(S(=O)(=O)Nc2cc(-c3ccc4ncn(CC(C)C(=O)N(C)C)c(=O)c4c3)cnc2C)s1. The topological polar surface area (TPSA) is 127 Å². The van der Waals surface area contributed by atoms with Gasteiger partial charge < -0.3 is 4.90 Å². The molecule has 0 radical (unpaired) electrons. The van der Waals surface area contributed by atoms with E-state index in [1.807, 2.05) is 0 Å². The Hall–Kier alpha value is -3.64. The van der Waals surface area contributed by atoms with Crippen LogP contribution in [0.25, 0.3) is 22.0 Å². The summed E-state index contributed by atoms with van der Waals surface area (Å²) >= 11 is 1.11. The highest BCUT2D eigenvalue weighted by molar-refractivity contribution is 7.94. The smallest absolute Gasteiger partial charge is 0.273 e. The summed E-state index contributed by atoms with van der Waals surface area (Å²) in [6.07, 6.45) is 3.08. The highest BCUT2D eigenvalue weighted by atomic mass is 32.2. The van der Waals surface area contributed by atoms with Crippen molar-refractivity contribution >= 4 is 43.9 Å². The Morgan fingerprint density at radius 1 is 1.11 bits per heavy atom. The van der Waals surface area contributed by atoms with Crippen LogP contribution in [-0.2, 0) is 21.4 Å². The lowest BCUT2D eigenvalue weighted by Gasteiger charge is -2.17. The number of amides is 1. The summed E-state index contributed by atoms with van der Waals surface area (Å²) in [4.78, 5) is 40.0. The summed E-state index contributed by atoms with van der Waals surface area (Å²) < 4.78 is 30.3. The van der Waals surface area contributed by atoms with Crippen molar-refractivity contribution < 1.29 is 13.2 Å². The van der Waals surface area contributed by atoms with E-state index in [0.29, 0.717) is 44.1 Å². The first kappa shape index (κ1) is 26.4. The van der Waals surface area contributed by atoms with E-state index in [-0.39, 0.29) is 22.2 Å². The van der Waals surface area contributed by atoms with E-state index in [1.165, 1.54) is 15.8 Å². The van der Waals surface area contributed by atoms with Crippen LogP contribution >= 0.6 is 11.3 Å². The van der Waals surface area contributed by atoms with Crippen molar-refractivity contribution in [3.05, 3.63) is 63.5 Å². The van der Waals surface area contributed by atoms with Gasteiger partial charge in [-0.1, -0.05) is 13.0 Å². The van der Waals surface area contributed by atoms with Gasteiger partial charge in [-0.25, -0.2) is 18.4 Å². The van der Waals surface area contributed by atoms with Crippen LogP contribution in [0, 0.1) is 26.7 Å². The second-order valence-electron chi connectivity index (χ2n) is 9.14. The molecular weight excluding hydrogens is 512 g/mol. The van der Waals surface area contributed by atoms with Gasteiger partial charge in [-0.2, -0.15) is 0 Å². The zero-order valence-corrected chi connectivity index (χ0v) is 23.1. The van der Waals surface area contributed by atoms with Crippen molar-refractivity contribution in [1.29, 1.82) is 0 Å². The van der Waals surface area contributed by atoms with Crippen molar-refractivity contribution in [2.75, 3.05) is 18.8 Å². The molecule has 3 heterocycles. The van der Waals surface area contributed by atoms with E-state index < -0.39 is 15.9 Å². The van der Waals surface area contributed by atoms with Crippen LogP contribution < -0.4 is 10.3 Å². The quantitative estimate of drug-likeness (QED) is 0.381. The van der Waals surface area contributed by atoms with Gasteiger partial charge >= 0.3 is 0 Å². The number of sulfonamides is 1. The summed E-state index contributed by atoms with van der Waals surface area (Å²) in [6, 6.07) is 6.94. The fourth-order valence-electron chi connectivity index (χ4n) is 4.03. The molecule has 0 aliphatic carbocycles. The van der Waals surface area contributed by atoms with Gasteiger partial charge in [-0.15, -0.1) is 11.3 Å². The van der Waals surface area contributed by atoms with Crippen LogP contribution in [0.3, 0.4) is 0 Å². The van der Waals surface area contributed by atoms with Crippen LogP contribution in [0.4, 0.5) is 5.69 Å². The van der Waals surface area contributed by atoms with Gasteiger partial charge in [0.05, 0.1) is 45.2 Å². The molecule has 1 aromatic carbocycles. The Balaban J connectivity index is 1.70. The highest BCUT2D eigenvalue weighted by Gasteiger charge is 2.22. The Kier molecular flexibility index (Phi) is 7.16. The number of aryl methyl sites for hydroxylation is 3. The number of benzene rings is 1. The van der Waals surface area contributed by atoms with Gasteiger partial charge in [0, 0.05) is 32.4 Å². The van der Waals surface area contributed by atoms with Gasteiger partial charge in [0.2, 0.25) is 5.91 Å². The molecule has 4 rings (SSSR count). The highest BCUT2D eigenvalue weighted by Crippen LogP contribution is 2.29. The first-order chi connectivity index (χ1) is 17.4. The fourth-order valence-corrected chi connectivity index (χ4v) is 6.62. The van der Waals surface area contributed by atoms with E-state index in [9.17, 15) is 18.0 Å². The molecule has 0 saturated carbocycles. The number of pyridine rings is 1. The third-order valence-electron chi connectivity index (χ3n) is 5.93. The molecule has 194 valence electrons. The van der Waals surface area contributed by atoms with Crippen molar-refractivity contribution in [3.8, 4) is 11.1 Å². The molecule has 0 aliphatic heterocycles. The van der Waals surface area contributed by atoms with Gasteiger partial charge in [0.1, 0.15) is 0 Å². The summed E-state index contributed by atoms with van der Waals surface area (Å²) in [6.45, 7) is 7.11. The largest absolute Gasteiger partial charge is 0.349 e. The van der Waals surface area contributed by atoms with Gasteiger partial charge in [0.15, 0.2) is 4.21 Å². The van der Waals surface area contributed by atoms with Crippen LogP contribution in [0.1, 0.15) is 23.3 Å². The molecule has 0 spiro atoms. The number of aromatic nitrogens is 4. The molecule has 12 heteroatoms. The third-order valence-corrected chi connectivity index (χ3v) is 8.97. The van der Waals surface area contributed by atoms with E-state index >= 15 is 0 Å². The van der Waals surface area contributed by atoms with E-state index in [4.69, 9.17) is 0 Å². The van der Waals surface area contributed by atoms with Crippen molar-refractivity contribution in [2.45, 2.75) is 38.4 Å². The molecule has 1 N–H and O–H groups in total. The minimum Gasteiger partial charge on any atom is -0.349 e. The predicted octanol–water partition coefficient (Wildman–Crippen LogP) is 3.37.